The van der Waals surface area contributed by atoms with Gasteiger partial charge in [-0.3, -0.25) is 9.69 Å². The number of likely N-dealkylation sites (tertiary alicyclic amines) is 2. The first-order valence-electron chi connectivity index (χ1n) is 15.0. The number of rotatable bonds is 8. The Morgan fingerprint density at radius 3 is 2.25 bits per heavy atom. The maximum absolute atomic E-state index is 15.6. The molecule has 2 aromatic carbocycles. The summed E-state index contributed by atoms with van der Waals surface area (Å²) in [5, 5.41) is 0.0702. The standard InChI is InChI=1S/C32H37ClF4N2O5/c1-31(2,3)44-30(41)28-5-4-10-39(28)29(40)26-17-25(19-6-7-19)20(13-27(26)34)18-38-11-8-22(9-12-38)42-23-14-21(33)15-24(16-23)43-32(35,36)37/h13-17,19,22,28H,4-12,18H2,1-3H3. The van der Waals surface area contributed by atoms with Crippen LogP contribution in [0.15, 0.2) is 30.3 Å². The normalized spacial score (nSPS) is 20.1. The molecule has 0 N–H and O–H groups in total. The van der Waals surface area contributed by atoms with Crippen LogP contribution >= 0.6 is 11.6 Å². The number of hydrogen-bond donors (Lipinski definition) is 0. The number of carbonyl (C=O) groups excluding carboxylic acids is 2. The van der Waals surface area contributed by atoms with Crippen LogP contribution in [0.3, 0.4) is 0 Å². The fraction of sp³-hybridized carbons (Fsp3) is 0.562. The zero-order chi connectivity index (χ0) is 31.8. The Hall–Kier alpha value is -3.05. The largest absolute Gasteiger partial charge is 0.573 e. The average Bonchev–Trinajstić information content (AvgIpc) is 3.62. The third-order valence-electron chi connectivity index (χ3n) is 7.98. The highest BCUT2D eigenvalue weighted by Crippen LogP contribution is 2.43. The van der Waals surface area contributed by atoms with Crippen LogP contribution in [0.1, 0.15) is 86.7 Å². The Kier molecular flexibility index (Phi) is 9.37. The Morgan fingerprint density at radius 1 is 0.932 bits per heavy atom. The van der Waals surface area contributed by atoms with E-state index in [0.29, 0.717) is 51.9 Å². The van der Waals surface area contributed by atoms with Crippen molar-refractivity contribution < 1.29 is 41.4 Å². The number of amides is 1. The van der Waals surface area contributed by atoms with Crippen molar-refractivity contribution >= 4 is 23.5 Å². The molecular weight excluding hydrogens is 604 g/mol. The number of alkyl halides is 3. The van der Waals surface area contributed by atoms with Gasteiger partial charge in [0.1, 0.15) is 35.1 Å². The molecule has 1 aliphatic carbocycles. The zero-order valence-electron chi connectivity index (χ0n) is 25.0. The number of ether oxygens (including phenoxy) is 3. The predicted molar refractivity (Wildman–Crippen MR) is 155 cm³/mol. The van der Waals surface area contributed by atoms with Crippen LogP contribution in [-0.4, -0.2) is 65.4 Å². The van der Waals surface area contributed by atoms with E-state index < -0.39 is 41.4 Å². The molecule has 1 atom stereocenters. The fourth-order valence-electron chi connectivity index (χ4n) is 5.90. The minimum atomic E-state index is -4.84. The van der Waals surface area contributed by atoms with E-state index in [4.69, 9.17) is 21.1 Å². The molecule has 0 radical (unpaired) electrons. The molecule has 3 fully saturated rings. The third kappa shape index (κ3) is 8.35. The molecule has 0 bridgehead atoms. The molecule has 2 heterocycles. The second kappa shape index (κ2) is 12.7. The molecule has 7 nitrogen and oxygen atoms in total. The Labute approximate surface area is 259 Å². The topological polar surface area (TPSA) is 68.3 Å². The summed E-state index contributed by atoms with van der Waals surface area (Å²) in [7, 11) is 0. The smallest absolute Gasteiger partial charge is 0.490 e. The van der Waals surface area contributed by atoms with Gasteiger partial charge < -0.3 is 19.1 Å². The molecular formula is C32H37ClF4N2O5. The van der Waals surface area contributed by atoms with Gasteiger partial charge in [-0.05, 0) is 101 Å². The van der Waals surface area contributed by atoms with Crippen molar-refractivity contribution in [2.24, 2.45) is 0 Å². The molecule has 0 spiro atoms. The summed E-state index contributed by atoms with van der Waals surface area (Å²) in [6, 6.07) is 6.08. The van der Waals surface area contributed by atoms with Crippen LogP contribution in [0.5, 0.6) is 11.5 Å². The van der Waals surface area contributed by atoms with Crippen LogP contribution in [0.4, 0.5) is 17.6 Å². The molecule has 1 amide bonds. The van der Waals surface area contributed by atoms with Gasteiger partial charge in [0.2, 0.25) is 0 Å². The van der Waals surface area contributed by atoms with Gasteiger partial charge in [0.15, 0.2) is 0 Å². The van der Waals surface area contributed by atoms with E-state index in [2.05, 4.69) is 9.64 Å². The zero-order valence-corrected chi connectivity index (χ0v) is 25.8. The molecule has 44 heavy (non-hydrogen) atoms. The van der Waals surface area contributed by atoms with E-state index >= 15 is 4.39 Å². The second-order valence-electron chi connectivity index (χ2n) is 12.8. The molecule has 2 saturated heterocycles. The van der Waals surface area contributed by atoms with Crippen LogP contribution in [-0.2, 0) is 16.1 Å². The lowest BCUT2D eigenvalue weighted by atomic mass is 9.97. The molecule has 5 rings (SSSR count). The van der Waals surface area contributed by atoms with Crippen LogP contribution < -0.4 is 9.47 Å². The van der Waals surface area contributed by atoms with Crippen LogP contribution in [0.25, 0.3) is 0 Å². The van der Waals surface area contributed by atoms with Crippen molar-refractivity contribution in [2.75, 3.05) is 19.6 Å². The number of halogens is 5. The van der Waals surface area contributed by atoms with E-state index in [9.17, 15) is 22.8 Å². The first kappa shape index (κ1) is 32.3. The van der Waals surface area contributed by atoms with Gasteiger partial charge in [0.05, 0.1) is 5.56 Å². The monoisotopic (exact) mass is 640 g/mol. The molecule has 1 saturated carbocycles. The minimum absolute atomic E-state index is 0.0198. The van der Waals surface area contributed by atoms with Gasteiger partial charge >= 0.3 is 12.3 Å². The van der Waals surface area contributed by atoms with Crippen molar-refractivity contribution in [3.8, 4) is 11.5 Å². The van der Waals surface area contributed by atoms with Crippen molar-refractivity contribution in [3.63, 3.8) is 0 Å². The number of benzene rings is 2. The summed E-state index contributed by atoms with van der Waals surface area (Å²) in [5.74, 6) is -1.57. The minimum Gasteiger partial charge on any atom is -0.490 e. The molecule has 3 aliphatic rings. The van der Waals surface area contributed by atoms with E-state index in [1.807, 2.05) is 0 Å². The maximum Gasteiger partial charge on any atom is 0.573 e. The highest BCUT2D eigenvalue weighted by Gasteiger charge is 2.39. The van der Waals surface area contributed by atoms with Crippen LogP contribution in [0, 0.1) is 5.82 Å². The summed E-state index contributed by atoms with van der Waals surface area (Å²) in [5.41, 5.74) is 1.08. The number of hydrogen-bond acceptors (Lipinski definition) is 6. The summed E-state index contributed by atoms with van der Waals surface area (Å²) in [6.45, 7) is 7.44. The number of nitrogens with zero attached hydrogens (tertiary/aromatic N) is 2. The Bertz CT molecular complexity index is 1380. The first-order valence-corrected chi connectivity index (χ1v) is 15.3. The van der Waals surface area contributed by atoms with Gasteiger partial charge in [-0.25, -0.2) is 9.18 Å². The van der Waals surface area contributed by atoms with Crippen molar-refractivity contribution in [2.45, 2.75) is 95.9 Å². The highest BCUT2D eigenvalue weighted by molar-refractivity contribution is 6.30. The van der Waals surface area contributed by atoms with Crippen molar-refractivity contribution in [1.29, 1.82) is 0 Å². The fourth-order valence-corrected chi connectivity index (χ4v) is 6.12. The molecule has 240 valence electrons. The van der Waals surface area contributed by atoms with E-state index in [1.165, 1.54) is 17.0 Å². The first-order chi connectivity index (χ1) is 20.6. The lowest BCUT2D eigenvalue weighted by molar-refractivity contribution is -0.274. The summed E-state index contributed by atoms with van der Waals surface area (Å²) in [6.07, 6.45) is -0.797. The molecule has 2 aromatic rings. The molecule has 12 heteroatoms. The Balaban J connectivity index is 1.23. The van der Waals surface area contributed by atoms with Gasteiger partial charge in [-0.2, -0.15) is 0 Å². The summed E-state index contributed by atoms with van der Waals surface area (Å²) < 4.78 is 68.9. The summed E-state index contributed by atoms with van der Waals surface area (Å²) >= 11 is 5.97. The van der Waals surface area contributed by atoms with Gasteiger partial charge in [0, 0.05) is 37.3 Å². The average molecular weight is 641 g/mol. The van der Waals surface area contributed by atoms with Crippen molar-refractivity contribution in [1.82, 2.24) is 9.80 Å². The van der Waals surface area contributed by atoms with Gasteiger partial charge in [-0.1, -0.05) is 11.6 Å². The van der Waals surface area contributed by atoms with Crippen LogP contribution in [0.2, 0.25) is 5.02 Å². The number of piperidine rings is 1. The van der Waals surface area contributed by atoms with Gasteiger partial charge in [-0.15, -0.1) is 13.2 Å². The molecule has 2 aliphatic heterocycles. The quantitative estimate of drug-likeness (QED) is 0.224. The molecule has 1 unspecified atom stereocenters. The lowest BCUT2D eigenvalue weighted by Gasteiger charge is -2.33. The second-order valence-corrected chi connectivity index (χ2v) is 13.2. The van der Waals surface area contributed by atoms with E-state index in [1.54, 1.807) is 26.8 Å². The number of esters is 1. The molecule has 0 aromatic heterocycles. The highest BCUT2D eigenvalue weighted by atomic mass is 35.5. The van der Waals surface area contributed by atoms with E-state index in [-0.39, 0.29) is 28.4 Å². The third-order valence-corrected chi connectivity index (χ3v) is 8.20. The SMILES string of the molecule is CC(C)(C)OC(=O)C1CCCN1C(=O)c1cc(C2CC2)c(CN2CCC(Oc3cc(Cl)cc(OC(F)(F)F)c3)CC2)cc1F. The van der Waals surface area contributed by atoms with Gasteiger partial charge in [0.25, 0.3) is 5.91 Å². The van der Waals surface area contributed by atoms with Crippen molar-refractivity contribution in [3.05, 3.63) is 57.9 Å². The predicted octanol–water partition coefficient (Wildman–Crippen LogP) is 7.24. The van der Waals surface area contributed by atoms with E-state index in [0.717, 1.165) is 36.1 Å². The Morgan fingerprint density at radius 2 is 1.61 bits per heavy atom. The lowest BCUT2D eigenvalue weighted by Crippen LogP contribution is -2.43. The number of carbonyl (C=O) groups is 2. The maximum atomic E-state index is 15.6. The summed E-state index contributed by atoms with van der Waals surface area (Å²) in [4.78, 5) is 29.9.